The molecule has 1 unspecified atom stereocenters. The number of likely N-dealkylation sites (tertiary alicyclic amines) is 1. The first-order valence-corrected chi connectivity index (χ1v) is 10.2. The summed E-state index contributed by atoms with van der Waals surface area (Å²) < 4.78 is 45.8. The second-order valence-electron chi connectivity index (χ2n) is 8.36. The fraction of sp³-hybridized carbons (Fsp3) is 0.500. The number of halogens is 3. The van der Waals surface area contributed by atoms with E-state index >= 15 is 0 Å². The Balaban J connectivity index is 1.44. The molecule has 1 aromatic heterocycles. The van der Waals surface area contributed by atoms with Gasteiger partial charge in [-0.2, -0.15) is 13.2 Å². The van der Waals surface area contributed by atoms with Gasteiger partial charge in [0.2, 0.25) is 0 Å². The number of aliphatic hydroxyl groups excluding tert-OH is 1. The predicted octanol–water partition coefficient (Wildman–Crippen LogP) is 2.97. The summed E-state index contributed by atoms with van der Waals surface area (Å²) in [6.45, 7) is 6.12. The van der Waals surface area contributed by atoms with Gasteiger partial charge in [-0.1, -0.05) is 0 Å². The Morgan fingerprint density at radius 1 is 1.13 bits per heavy atom. The topological polar surface area (TPSA) is 57.6 Å². The van der Waals surface area contributed by atoms with Gasteiger partial charge in [-0.25, -0.2) is 0 Å². The molecule has 3 atom stereocenters. The van der Waals surface area contributed by atoms with Gasteiger partial charge in [0.15, 0.2) is 0 Å². The van der Waals surface area contributed by atoms with Gasteiger partial charge in [0.25, 0.3) is 0 Å². The molecule has 2 fully saturated rings. The monoisotopic (exact) mass is 421 g/mol. The summed E-state index contributed by atoms with van der Waals surface area (Å²) in [5, 5.41) is 13.7. The normalized spacial score (nSPS) is 22.8. The molecule has 0 amide bonds. The number of ether oxygens (including phenoxy) is 1. The predicted molar refractivity (Wildman–Crippen MR) is 107 cm³/mol. The molecule has 2 aromatic rings. The van der Waals surface area contributed by atoms with Crippen molar-refractivity contribution in [3.05, 3.63) is 47.8 Å². The van der Waals surface area contributed by atoms with Gasteiger partial charge in [0.05, 0.1) is 5.56 Å². The highest BCUT2D eigenvalue weighted by Crippen LogP contribution is 2.36. The molecule has 4 rings (SSSR count). The Morgan fingerprint density at radius 2 is 1.87 bits per heavy atom. The average Bonchev–Trinajstić information content (AvgIpc) is 3.27. The second-order valence-corrected chi connectivity index (χ2v) is 8.36. The highest BCUT2D eigenvalue weighted by atomic mass is 19.4. The van der Waals surface area contributed by atoms with E-state index in [2.05, 4.69) is 15.2 Å². The Labute approximate surface area is 173 Å². The second kappa shape index (κ2) is 8.53. The number of fused-ring (bicyclic) bond motifs is 1. The molecule has 5 nitrogen and oxygen atoms in total. The first-order valence-electron chi connectivity index (χ1n) is 10.2. The van der Waals surface area contributed by atoms with E-state index in [1.807, 2.05) is 6.92 Å². The summed E-state index contributed by atoms with van der Waals surface area (Å²) >= 11 is 0. The standard InChI is InChI=1S/C22H26F3N3O2/c1-14-2-16(7-26-6-14)15-3-19(22(23,24)25)5-21(4-15)30-13-20(29)12-28-10-17-8-27-9-18(17)11-28/h2-7,17-18,20,27,29H,8-13H2,1H3/t17-,18+,20?. The molecule has 0 bridgehead atoms. The fourth-order valence-corrected chi connectivity index (χ4v) is 4.37. The number of hydrogen-bond acceptors (Lipinski definition) is 5. The summed E-state index contributed by atoms with van der Waals surface area (Å²) in [6, 6.07) is 5.41. The third kappa shape index (κ3) is 4.94. The first kappa shape index (κ1) is 21.1. The zero-order chi connectivity index (χ0) is 21.3. The van der Waals surface area contributed by atoms with E-state index < -0.39 is 17.8 Å². The number of aliphatic hydroxyl groups is 1. The van der Waals surface area contributed by atoms with Gasteiger partial charge in [-0.15, -0.1) is 0 Å². The molecular weight excluding hydrogens is 395 g/mol. The van der Waals surface area contributed by atoms with Crippen LogP contribution in [0.3, 0.4) is 0 Å². The largest absolute Gasteiger partial charge is 0.491 e. The van der Waals surface area contributed by atoms with Crippen LogP contribution >= 0.6 is 0 Å². The van der Waals surface area contributed by atoms with E-state index in [4.69, 9.17) is 4.74 Å². The van der Waals surface area contributed by atoms with Crippen LogP contribution in [0.2, 0.25) is 0 Å². The maximum Gasteiger partial charge on any atom is 0.416 e. The summed E-state index contributed by atoms with van der Waals surface area (Å²) in [7, 11) is 0. The minimum atomic E-state index is -4.49. The van der Waals surface area contributed by atoms with Crippen molar-refractivity contribution in [3.63, 3.8) is 0 Å². The molecule has 1 aromatic carbocycles. The SMILES string of the molecule is Cc1cncc(-c2cc(OCC(O)CN3C[C@H]4CNC[C@H]4C3)cc(C(F)(F)F)c2)c1. The number of aryl methyl sites for hydroxylation is 1. The third-order valence-electron chi connectivity index (χ3n) is 5.82. The van der Waals surface area contributed by atoms with E-state index in [1.54, 1.807) is 18.3 Å². The number of benzene rings is 1. The average molecular weight is 421 g/mol. The van der Waals surface area contributed by atoms with Crippen molar-refractivity contribution in [2.24, 2.45) is 11.8 Å². The number of aromatic nitrogens is 1. The smallest absolute Gasteiger partial charge is 0.416 e. The lowest BCUT2D eigenvalue weighted by Gasteiger charge is -2.21. The van der Waals surface area contributed by atoms with Gasteiger partial charge >= 0.3 is 6.18 Å². The lowest BCUT2D eigenvalue weighted by molar-refractivity contribution is -0.137. The van der Waals surface area contributed by atoms with E-state index in [0.717, 1.165) is 43.9 Å². The van der Waals surface area contributed by atoms with Crippen molar-refractivity contribution in [1.82, 2.24) is 15.2 Å². The first-order chi connectivity index (χ1) is 14.3. The van der Waals surface area contributed by atoms with Crippen LogP contribution in [0.1, 0.15) is 11.1 Å². The summed E-state index contributed by atoms with van der Waals surface area (Å²) in [5.41, 5.74) is 1.04. The highest BCUT2D eigenvalue weighted by molar-refractivity contribution is 5.66. The number of nitrogens with one attached hydrogen (secondary N) is 1. The molecule has 2 aliphatic heterocycles. The van der Waals surface area contributed by atoms with Crippen molar-refractivity contribution < 1.29 is 23.0 Å². The van der Waals surface area contributed by atoms with E-state index in [1.165, 1.54) is 6.20 Å². The summed E-state index contributed by atoms with van der Waals surface area (Å²) in [6.07, 6.45) is -2.09. The van der Waals surface area contributed by atoms with E-state index in [9.17, 15) is 18.3 Å². The quantitative estimate of drug-likeness (QED) is 0.751. The van der Waals surface area contributed by atoms with Crippen molar-refractivity contribution in [2.75, 3.05) is 39.3 Å². The Kier molecular flexibility index (Phi) is 5.99. The molecule has 0 aliphatic carbocycles. The number of β-amino-alcohol motifs (C(OH)–C–C–N with tert-alkyl or cyclic N) is 1. The molecule has 30 heavy (non-hydrogen) atoms. The van der Waals surface area contributed by atoms with Crippen LogP contribution in [-0.4, -0.2) is 60.4 Å². The lowest BCUT2D eigenvalue weighted by Crippen LogP contribution is -2.36. The summed E-state index contributed by atoms with van der Waals surface area (Å²) in [4.78, 5) is 6.27. The van der Waals surface area contributed by atoms with Crippen LogP contribution in [0.25, 0.3) is 11.1 Å². The van der Waals surface area contributed by atoms with Gasteiger partial charge in [-0.3, -0.25) is 9.88 Å². The van der Waals surface area contributed by atoms with Crippen molar-refractivity contribution >= 4 is 0 Å². The van der Waals surface area contributed by atoms with Crippen LogP contribution in [0.15, 0.2) is 36.7 Å². The Bertz CT molecular complexity index is 878. The summed E-state index contributed by atoms with van der Waals surface area (Å²) in [5.74, 6) is 1.32. The number of nitrogens with zero attached hydrogens (tertiary/aromatic N) is 2. The van der Waals surface area contributed by atoms with E-state index in [0.29, 0.717) is 29.5 Å². The molecule has 0 radical (unpaired) electrons. The molecular formula is C22H26F3N3O2. The van der Waals surface area contributed by atoms with Crippen LogP contribution in [0.5, 0.6) is 5.75 Å². The lowest BCUT2D eigenvalue weighted by atomic mass is 10.0. The number of pyridine rings is 1. The van der Waals surface area contributed by atoms with Crippen LogP contribution in [0.4, 0.5) is 13.2 Å². The Morgan fingerprint density at radius 3 is 2.53 bits per heavy atom. The number of rotatable bonds is 6. The zero-order valence-electron chi connectivity index (χ0n) is 16.8. The van der Waals surface area contributed by atoms with Crippen LogP contribution in [-0.2, 0) is 6.18 Å². The highest BCUT2D eigenvalue weighted by Gasteiger charge is 2.36. The molecule has 0 spiro atoms. The van der Waals surface area contributed by atoms with Crippen LogP contribution < -0.4 is 10.1 Å². The van der Waals surface area contributed by atoms with Gasteiger partial charge in [0.1, 0.15) is 18.5 Å². The molecule has 8 heteroatoms. The fourth-order valence-electron chi connectivity index (χ4n) is 4.37. The number of alkyl halides is 3. The maximum atomic E-state index is 13.4. The molecule has 2 aliphatic rings. The maximum absolute atomic E-state index is 13.4. The molecule has 3 heterocycles. The van der Waals surface area contributed by atoms with Crippen molar-refractivity contribution in [1.29, 1.82) is 0 Å². The van der Waals surface area contributed by atoms with Crippen molar-refractivity contribution in [3.8, 4) is 16.9 Å². The Hall–Kier alpha value is -2.16. The van der Waals surface area contributed by atoms with Gasteiger partial charge in [-0.05, 0) is 67.2 Å². The van der Waals surface area contributed by atoms with Gasteiger partial charge < -0.3 is 15.2 Å². The molecule has 2 saturated heterocycles. The van der Waals surface area contributed by atoms with Crippen molar-refractivity contribution in [2.45, 2.75) is 19.2 Å². The van der Waals surface area contributed by atoms with Gasteiger partial charge in [0, 0.05) is 37.6 Å². The van der Waals surface area contributed by atoms with Crippen LogP contribution in [0, 0.1) is 18.8 Å². The molecule has 2 N–H and O–H groups in total. The minimum Gasteiger partial charge on any atom is -0.491 e. The number of hydrogen-bond donors (Lipinski definition) is 2. The zero-order valence-corrected chi connectivity index (χ0v) is 16.8. The van der Waals surface area contributed by atoms with E-state index in [-0.39, 0.29) is 12.4 Å². The molecule has 0 saturated carbocycles. The molecule has 162 valence electrons. The minimum absolute atomic E-state index is 0.0586. The third-order valence-corrected chi connectivity index (χ3v) is 5.82.